The van der Waals surface area contributed by atoms with Crippen LogP contribution in [0.3, 0.4) is 0 Å². The lowest BCUT2D eigenvalue weighted by molar-refractivity contribution is 0.250. The zero-order valence-electron chi connectivity index (χ0n) is 15.4. The molecule has 6 nitrogen and oxygen atoms in total. The van der Waals surface area contributed by atoms with E-state index < -0.39 is 0 Å². The minimum atomic E-state index is -0.353. The van der Waals surface area contributed by atoms with Crippen LogP contribution in [0.5, 0.6) is 0 Å². The van der Waals surface area contributed by atoms with Crippen LogP contribution in [-0.2, 0) is 0 Å². The summed E-state index contributed by atoms with van der Waals surface area (Å²) in [7, 11) is 0. The van der Waals surface area contributed by atoms with E-state index in [2.05, 4.69) is 21.3 Å². The molecule has 0 saturated carbocycles. The van der Waals surface area contributed by atoms with Crippen molar-refractivity contribution in [3.05, 3.63) is 60.2 Å². The van der Waals surface area contributed by atoms with Crippen LogP contribution in [0.25, 0.3) is 0 Å². The van der Waals surface area contributed by atoms with E-state index >= 15 is 0 Å². The number of benzene rings is 2. The molecule has 2 aromatic rings. The van der Waals surface area contributed by atoms with Gasteiger partial charge in [0.1, 0.15) is 11.6 Å². The molecular weight excluding hydrogens is 366 g/mol. The molecule has 0 bridgehead atoms. The lowest BCUT2D eigenvalue weighted by atomic mass is 10.2. The topological polar surface area (TPSA) is 82.3 Å². The molecule has 8 heteroatoms. The van der Waals surface area contributed by atoms with Gasteiger partial charge >= 0.3 is 12.1 Å². The third kappa shape index (κ3) is 8.48. The minimum Gasteiger partial charge on any atom is -0.338 e. The molecule has 0 aliphatic rings. The molecule has 0 aromatic heterocycles. The van der Waals surface area contributed by atoms with E-state index in [0.717, 1.165) is 25.7 Å². The molecule has 150 valence electrons. The minimum absolute atomic E-state index is 0.328. The Bertz CT molecular complexity index is 686. The summed E-state index contributed by atoms with van der Waals surface area (Å²) in [6.45, 7) is 1.07. The molecule has 0 spiro atoms. The summed E-state index contributed by atoms with van der Waals surface area (Å²) in [5, 5.41) is 10.7. The lowest BCUT2D eigenvalue weighted by Crippen LogP contribution is -2.30. The first-order valence-electron chi connectivity index (χ1n) is 9.14. The molecule has 0 aliphatic carbocycles. The first-order chi connectivity index (χ1) is 13.5. The zero-order valence-corrected chi connectivity index (χ0v) is 15.4. The van der Waals surface area contributed by atoms with Crippen molar-refractivity contribution < 1.29 is 18.4 Å². The van der Waals surface area contributed by atoms with Gasteiger partial charge in [-0.25, -0.2) is 18.4 Å². The Kier molecular flexibility index (Phi) is 8.71. The van der Waals surface area contributed by atoms with Crippen LogP contribution < -0.4 is 21.3 Å². The van der Waals surface area contributed by atoms with E-state index in [-0.39, 0.29) is 23.7 Å². The summed E-state index contributed by atoms with van der Waals surface area (Å²) in [5.74, 6) is -0.707. The second-order valence-corrected chi connectivity index (χ2v) is 6.19. The standard InChI is InChI=1S/C20H24F2N4O2/c21-15-5-9-17(10-6-15)25-19(27)23-13-3-1-2-4-14-24-20(28)26-18-11-7-16(22)8-12-18/h5-12H,1-4,13-14H2,(H2,23,25,27)(H2,24,26,28). The van der Waals surface area contributed by atoms with Crippen molar-refractivity contribution in [2.45, 2.75) is 25.7 Å². The second kappa shape index (κ2) is 11.5. The fourth-order valence-electron chi connectivity index (χ4n) is 2.42. The number of hydrogen-bond donors (Lipinski definition) is 4. The molecule has 2 rings (SSSR count). The number of hydrogen-bond acceptors (Lipinski definition) is 2. The molecule has 0 radical (unpaired) electrons. The van der Waals surface area contributed by atoms with Crippen molar-refractivity contribution in [1.29, 1.82) is 0 Å². The van der Waals surface area contributed by atoms with Gasteiger partial charge in [0.15, 0.2) is 0 Å². The van der Waals surface area contributed by atoms with Gasteiger partial charge in [0.25, 0.3) is 0 Å². The summed E-state index contributed by atoms with van der Waals surface area (Å²) in [6.07, 6.45) is 3.47. The third-order valence-corrected chi connectivity index (χ3v) is 3.88. The summed E-state index contributed by atoms with van der Waals surface area (Å²) in [6, 6.07) is 10.4. The van der Waals surface area contributed by atoms with Crippen molar-refractivity contribution in [3.8, 4) is 0 Å². The number of amides is 4. The van der Waals surface area contributed by atoms with E-state index in [1.165, 1.54) is 48.5 Å². The van der Waals surface area contributed by atoms with Crippen LogP contribution in [0.2, 0.25) is 0 Å². The first kappa shape index (κ1) is 21.1. The Morgan fingerprint density at radius 3 is 1.32 bits per heavy atom. The smallest absolute Gasteiger partial charge is 0.319 e. The molecule has 4 amide bonds. The van der Waals surface area contributed by atoms with E-state index in [1.54, 1.807) is 0 Å². The van der Waals surface area contributed by atoms with E-state index in [4.69, 9.17) is 0 Å². The summed E-state index contributed by atoms with van der Waals surface area (Å²) in [4.78, 5) is 23.4. The van der Waals surface area contributed by atoms with Gasteiger partial charge in [-0.1, -0.05) is 12.8 Å². The van der Waals surface area contributed by atoms with Crippen molar-refractivity contribution >= 4 is 23.4 Å². The van der Waals surface area contributed by atoms with Gasteiger partial charge in [0.05, 0.1) is 0 Å². The van der Waals surface area contributed by atoms with Crippen LogP contribution in [-0.4, -0.2) is 25.2 Å². The number of carbonyl (C=O) groups excluding carboxylic acids is 2. The maximum atomic E-state index is 12.8. The fourth-order valence-corrected chi connectivity index (χ4v) is 2.42. The maximum absolute atomic E-state index is 12.8. The molecule has 0 heterocycles. The monoisotopic (exact) mass is 390 g/mol. The largest absolute Gasteiger partial charge is 0.338 e. The SMILES string of the molecule is O=C(NCCCCCCNC(=O)Nc1ccc(F)cc1)Nc1ccc(F)cc1. The van der Waals surface area contributed by atoms with Crippen molar-refractivity contribution in [1.82, 2.24) is 10.6 Å². The molecule has 0 saturated heterocycles. The van der Waals surface area contributed by atoms with Crippen LogP contribution in [0, 0.1) is 11.6 Å². The van der Waals surface area contributed by atoms with Crippen molar-refractivity contribution in [3.63, 3.8) is 0 Å². The number of carbonyl (C=O) groups is 2. The Labute approximate surface area is 162 Å². The lowest BCUT2D eigenvalue weighted by Gasteiger charge is -2.08. The molecule has 0 atom stereocenters. The predicted octanol–water partition coefficient (Wildman–Crippen LogP) is 4.47. The normalized spacial score (nSPS) is 10.2. The zero-order chi connectivity index (χ0) is 20.2. The van der Waals surface area contributed by atoms with Crippen molar-refractivity contribution in [2.75, 3.05) is 23.7 Å². The number of unbranched alkanes of at least 4 members (excludes halogenated alkanes) is 3. The van der Waals surface area contributed by atoms with E-state index in [9.17, 15) is 18.4 Å². The maximum Gasteiger partial charge on any atom is 0.319 e. The van der Waals surface area contributed by atoms with Gasteiger partial charge in [-0.3, -0.25) is 0 Å². The van der Waals surface area contributed by atoms with Gasteiger partial charge in [-0.05, 0) is 61.4 Å². The van der Waals surface area contributed by atoms with E-state index in [0.29, 0.717) is 24.5 Å². The van der Waals surface area contributed by atoms with E-state index in [1.807, 2.05) is 0 Å². The number of anilines is 2. The third-order valence-electron chi connectivity index (χ3n) is 3.88. The Morgan fingerprint density at radius 1 is 0.607 bits per heavy atom. The Balaban J connectivity index is 1.45. The molecule has 0 fully saturated rings. The predicted molar refractivity (Wildman–Crippen MR) is 105 cm³/mol. The molecule has 0 aliphatic heterocycles. The first-order valence-corrected chi connectivity index (χ1v) is 9.14. The molecule has 4 N–H and O–H groups in total. The van der Waals surface area contributed by atoms with Gasteiger partial charge in [0, 0.05) is 24.5 Å². The molecular formula is C20H24F2N4O2. The molecule has 0 unspecified atom stereocenters. The molecule has 2 aromatic carbocycles. The highest BCUT2D eigenvalue weighted by atomic mass is 19.1. The highest BCUT2D eigenvalue weighted by molar-refractivity contribution is 5.89. The quantitative estimate of drug-likeness (QED) is 0.477. The van der Waals surface area contributed by atoms with Crippen LogP contribution >= 0.6 is 0 Å². The highest BCUT2D eigenvalue weighted by Crippen LogP contribution is 2.08. The van der Waals surface area contributed by atoms with Gasteiger partial charge in [-0.15, -0.1) is 0 Å². The Morgan fingerprint density at radius 2 is 0.964 bits per heavy atom. The van der Waals surface area contributed by atoms with Crippen LogP contribution in [0.4, 0.5) is 29.7 Å². The number of rotatable bonds is 9. The van der Waals surface area contributed by atoms with Gasteiger partial charge in [0.2, 0.25) is 0 Å². The summed E-state index contributed by atoms with van der Waals surface area (Å²) >= 11 is 0. The van der Waals surface area contributed by atoms with Crippen LogP contribution in [0.1, 0.15) is 25.7 Å². The summed E-state index contributed by atoms with van der Waals surface area (Å²) in [5.41, 5.74) is 1.06. The highest BCUT2D eigenvalue weighted by Gasteiger charge is 2.02. The van der Waals surface area contributed by atoms with Crippen molar-refractivity contribution in [2.24, 2.45) is 0 Å². The fraction of sp³-hybridized carbons (Fsp3) is 0.300. The number of halogens is 2. The molecule has 28 heavy (non-hydrogen) atoms. The average molecular weight is 390 g/mol. The number of nitrogens with one attached hydrogen (secondary N) is 4. The Hall–Kier alpha value is -3.16. The second-order valence-electron chi connectivity index (χ2n) is 6.19. The van der Waals surface area contributed by atoms with Gasteiger partial charge in [-0.2, -0.15) is 0 Å². The average Bonchev–Trinajstić information content (AvgIpc) is 2.67. The number of urea groups is 2. The van der Waals surface area contributed by atoms with Gasteiger partial charge < -0.3 is 21.3 Å². The summed E-state index contributed by atoms with van der Waals surface area (Å²) < 4.78 is 25.6. The van der Waals surface area contributed by atoms with Crippen LogP contribution in [0.15, 0.2) is 48.5 Å².